The maximum Gasteiger partial charge on any atom is 0.323 e. The van der Waals surface area contributed by atoms with Crippen molar-refractivity contribution in [1.82, 2.24) is 0 Å². The average Bonchev–Trinajstić information content (AvgIpc) is 2.43. The van der Waals surface area contributed by atoms with Gasteiger partial charge in [-0.25, -0.2) is 13.6 Å². The van der Waals surface area contributed by atoms with Crippen LogP contribution in [0.4, 0.5) is 25.0 Å². The molecule has 0 saturated carbocycles. The summed E-state index contributed by atoms with van der Waals surface area (Å²) in [5, 5.41) is 4.64. The van der Waals surface area contributed by atoms with Gasteiger partial charge in [0.2, 0.25) is 0 Å². The summed E-state index contributed by atoms with van der Waals surface area (Å²) in [5.74, 6) is -1.24. The van der Waals surface area contributed by atoms with Crippen molar-refractivity contribution in [3.63, 3.8) is 0 Å². The number of urea groups is 1. The zero-order valence-electron chi connectivity index (χ0n) is 11.5. The predicted octanol–water partition coefficient (Wildman–Crippen LogP) is 3.93. The molecule has 2 aromatic rings. The van der Waals surface area contributed by atoms with Crippen molar-refractivity contribution in [2.75, 3.05) is 17.7 Å². The van der Waals surface area contributed by atoms with Crippen molar-refractivity contribution in [3.05, 3.63) is 53.6 Å². The molecule has 0 heterocycles. The Morgan fingerprint density at radius 3 is 2.38 bits per heavy atom. The Hall–Kier alpha value is -2.63. The number of para-hydroxylation sites is 1. The number of nitrogens with one attached hydrogen (secondary N) is 2. The Labute approximate surface area is 120 Å². The third-order valence-electron chi connectivity index (χ3n) is 2.80. The molecule has 0 aromatic heterocycles. The zero-order chi connectivity index (χ0) is 15.4. The van der Waals surface area contributed by atoms with Gasteiger partial charge in [0.1, 0.15) is 23.1 Å². The molecule has 2 aromatic carbocycles. The summed E-state index contributed by atoms with van der Waals surface area (Å²) in [7, 11) is 1.46. The van der Waals surface area contributed by atoms with E-state index in [1.807, 2.05) is 13.0 Å². The zero-order valence-corrected chi connectivity index (χ0v) is 11.5. The number of carbonyl (C=O) groups excluding carboxylic acids is 1. The van der Waals surface area contributed by atoms with Crippen molar-refractivity contribution >= 4 is 17.4 Å². The molecule has 21 heavy (non-hydrogen) atoms. The highest BCUT2D eigenvalue weighted by atomic mass is 19.1. The molecule has 0 spiro atoms. The van der Waals surface area contributed by atoms with E-state index < -0.39 is 23.4 Å². The highest BCUT2D eigenvalue weighted by Gasteiger charge is 2.13. The lowest BCUT2D eigenvalue weighted by Crippen LogP contribution is -2.21. The Kier molecular flexibility index (Phi) is 4.37. The molecule has 110 valence electrons. The van der Waals surface area contributed by atoms with Crippen LogP contribution in [0.5, 0.6) is 5.75 Å². The van der Waals surface area contributed by atoms with Gasteiger partial charge in [0.25, 0.3) is 0 Å². The smallest absolute Gasteiger partial charge is 0.323 e. The van der Waals surface area contributed by atoms with Crippen LogP contribution >= 0.6 is 0 Å². The Morgan fingerprint density at radius 2 is 1.76 bits per heavy atom. The van der Waals surface area contributed by atoms with Crippen molar-refractivity contribution in [2.45, 2.75) is 6.92 Å². The molecule has 2 amide bonds. The summed E-state index contributed by atoms with van der Waals surface area (Å²) < 4.78 is 32.0. The van der Waals surface area contributed by atoms with Gasteiger partial charge in [0.05, 0.1) is 12.8 Å². The average molecular weight is 292 g/mol. The molecule has 0 aliphatic rings. The quantitative estimate of drug-likeness (QED) is 0.900. The van der Waals surface area contributed by atoms with E-state index in [2.05, 4.69) is 10.6 Å². The first-order chi connectivity index (χ1) is 10.0. The van der Waals surface area contributed by atoms with E-state index in [9.17, 15) is 13.6 Å². The molecule has 4 nitrogen and oxygen atoms in total. The lowest BCUT2D eigenvalue weighted by molar-refractivity contribution is 0.261. The summed E-state index contributed by atoms with van der Waals surface area (Å²) in [6, 6.07) is 7.78. The SMILES string of the molecule is COc1ccc(C)cc1NC(=O)Nc1c(F)cccc1F. The third kappa shape index (κ3) is 3.47. The molecule has 0 atom stereocenters. The van der Waals surface area contributed by atoms with Crippen LogP contribution in [0.15, 0.2) is 36.4 Å². The molecule has 0 bridgehead atoms. The number of aryl methyl sites for hydroxylation is 1. The van der Waals surface area contributed by atoms with Gasteiger partial charge in [-0.3, -0.25) is 0 Å². The van der Waals surface area contributed by atoms with Gasteiger partial charge < -0.3 is 15.4 Å². The maximum absolute atomic E-state index is 13.5. The fraction of sp³-hybridized carbons (Fsp3) is 0.133. The highest BCUT2D eigenvalue weighted by molar-refractivity contribution is 6.00. The number of anilines is 2. The lowest BCUT2D eigenvalue weighted by Gasteiger charge is -2.12. The topological polar surface area (TPSA) is 50.4 Å². The van der Waals surface area contributed by atoms with Crippen molar-refractivity contribution < 1.29 is 18.3 Å². The number of amides is 2. The van der Waals surface area contributed by atoms with Gasteiger partial charge in [-0.2, -0.15) is 0 Å². The standard InChI is InChI=1S/C15H14F2N2O2/c1-9-6-7-13(21-2)12(8-9)18-15(20)19-14-10(16)4-3-5-11(14)17/h3-8H,1-2H3,(H2,18,19,20). The number of ether oxygens (including phenoxy) is 1. The van der Waals surface area contributed by atoms with Crippen molar-refractivity contribution in [2.24, 2.45) is 0 Å². The first-order valence-corrected chi connectivity index (χ1v) is 6.18. The predicted molar refractivity (Wildman–Crippen MR) is 76.7 cm³/mol. The second-order valence-corrected chi connectivity index (χ2v) is 4.38. The van der Waals surface area contributed by atoms with Gasteiger partial charge in [0, 0.05) is 0 Å². The van der Waals surface area contributed by atoms with Gasteiger partial charge >= 0.3 is 6.03 Å². The van der Waals surface area contributed by atoms with Gasteiger partial charge in [0.15, 0.2) is 0 Å². The molecular formula is C15H14F2N2O2. The Bertz CT molecular complexity index is 654. The fourth-order valence-electron chi connectivity index (χ4n) is 1.80. The van der Waals surface area contributed by atoms with E-state index in [1.54, 1.807) is 12.1 Å². The van der Waals surface area contributed by atoms with Gasteiger partial charge in [-0.1, -0.05) is 12.1 Å². The van der Waals surface area contributed by atoms with Crippen LogP contribution in [0.2, 0.25) is 0 Å². The van der Waals surface area contributed by atoms with Gasteiger partial charge in [-0.05, 0) is 36.8 Å². The number of rotatable bonds is 3. The van der Waals surface area contributed by atoms with Crippen LogP contribution in [-0.4, -0.2) is 13.1 Å². The summed E-state index contributed by atoms with van der Waals surface area (Å²) in [6.07, 6.45) is 0. The number of carbonyl (C=O) groups is 1. The van der Waals surface area contributed by atoms with Crippen LogP contribution in [0.3, 0.4) is 0 Å². The minimum absolute atomic E-state index is 0.409. The molecule has 0 radical (unpaired) electrons. The first kappa shape index (κ1) is 14.8. The number of hydrogen-bond acceptors (Lipinski definition) is 2. The van der Waals surface area contributed by atoms with Crippen LogP contribution in [0, 0.1) is 18.6 Å². The molecule has 0 aliphatic carbocycles. The van der Waals surface area contributed by atoms with Crippen LogP contribution < -0.4 is 15.4 Å². The van der Waals surface area contributed by atoms with Crippen LogP contribution in [0.1, 0.15) is 5.56 Å². The number of benzene rings is 2. The Morgan fingerprint density at radius 1 is 1.10 bits per heavy atom. The van der Waals surface area contributed by atoms with Crippen LogP contribution in [0.25, 0.3) is 0 Å². The summed E-state index contributed by atoms with van der Waals surface area (Å²) in [6.45, 7) is 1.85. The Balaban J connectivity index is 2.17. The second kappa shape index (κ2) is 6.21. The van der Waals surface area contributed by atoms with E-state index in [4.69, 9.17) is 4.74 Å². The highest BCUT2D eigenvalue weighted by Crippen LogP contribution is 2.25. The monoisotopic (exact) mass is 292 g/mol. The van der Waals surface area contributed by atoms with E-state index in [1.165, 1.54) is 13.2 Å². The first-order valence-electron chi connectivity index (χ1n) is 6.18. The molecular weight excluding hydrogens is 278 g/mol. The minimum Gasteiger partial charge on any atom is -0.495 e. The molecule has 6 heteroatoms. The third-order valence-corrected chi connectivity index (χ3v) is 2.80. The van der Waals surface area contributed by atoms with E-state index in [0.717, 1.165) is 17.7 Å². The van der Waals surface area contributed by atoms with E-state index in [-0.39, 0.29) is 0 Å². The maximum atomic E-state index is 13.5. The van der Waals surface area contributed by atoms with E-state index in [0.29, 0.717) is 11.4 Å². The van der Waals surface area contributed by atoms with Gasteiger partial charge in [-0.15, -0.1) is 0 Å². The molecule has 0 saturated heterocycles. The van der Waals surface area contributed by atoms with Crippen molar-refractivity contribution in [1.29, 1.82) is 0 Å². The molecule has 0 fully saturated rings. The summed E-state index contributed by atoms with van der Waals surface area (Å²) >= 11 is 0. The number of hydrogen-bond donors (Lipinski definition) is 2. The minimum atomic E-state index is -0.846. The molecule has 0 unspecified atom stereocenters. The van der Waals surface area contributed by atoms with Crippen LogP contribution in [-0.2, 0) is 0 Å². The summed E-state index contributed by atoms with van der Waals surface area (Å²) in [4.78, 5) is 11.9. The van der Waals surface area contributed by atoms with Crippen molar-refractivity contribution in [3.8, 4) is 5.75 Å². The van der Waals surface area contributed by atoms with E-state index >= 15 is 0 Å². The largest absolute Gasteiger partial charge is 0.495 e. The molecule has 0 aliphatic heterocycles. The molecule has 2 N–H and O–H groups in total. The summed E-state index contributed by atoms with van der Waals surface area (Å²) in [5.41, 5.74) is 0.816. The molecule has 2 rings (SSSR count). The number of halogens is 2. The number of methoxy groups -OCH3 is 1. The normalized spacial score (nSPS) is 10.1. The fourth-order valence-corrected chi connectivity index (χ4v) is 1.80. The lowest BCUT2D eigenvalue weighted by atomic mass is 10.2. The second-order valence-electron chi connectivity index (χ2n) is 4.38.